The average Bonchev–Trinajstić information content (AvgIpc) is 2.88. The number of aryl methyl sites for hydroxylation is 3. The molecule has 1 heterocycles. The maximum atomic E-state index is 11.3. The minimum Gasteiger partial charge on any atom is -0.478 e. The summed E-state index contributed by atoms with van der Waals surface area (Å²) in [6.07, 6.45) is 0.822. The molecule has 0 aliphatic carbocycles. The predicted molar refractivity (Wildman–Crippen MR) is 91.1 cm³/mol. The third-order valence-corrected chi connectivity index (χ3v) is 4.36. The maximum absolute atomic E-state index is 11.3. The summed E-state index contributed by atoms with van der Waals surface area (Å²) in [4.78, 5) is 11.3. The molecule has 0 saturated heterocycles. The van der Waals surface area contributed by atoms with Gasteiger partial charge in [-0.05, 0) is 49.1 Å². The largest absolute Gasteiger partial charge is 0.478 e. The molecule has 23 heavy (non-hydrogen) atoms. The fraction of sp³-hybridized carbons (Fsp3) is 0.263. The number of carboxylic acids is 1. The van der Waals surface area contributed by atoms with Crippen molar-refractivity contribution in [3.05, 3.63) is 64.3 Å². The van der Waals surface area contributed by atoms with Crippen molar-refractivity contribution < 1.29 is 9.90 Å². The van der Waals surface area contributed by atoms with Gasteiger partial charge in [-0.15, -0.1) is 0 Å². The van der Waals surface area contributed by atoms with Gasteiger partial charge in [0.2, 0.25) is 0 Å². The van der Waals surface area contributed by atoms with Gasteiger partial charge in [0.15, 0.2) is 0 Å². The van der Waals surface area contributed by atoms with Crippen molar-refractivity contribution >= 4 is 16.9 Å². The Balaban J connectivity index is 2.16. The smallest absolute Gasteiger partial charge is 0.335 e. The number of hydrogen-bond donors (Lipinski definition) is 1. The summed E-state index contributed by atoms with van der Waals surface area (Å²) < 4.78 is 1.93. The van der Waals surface area contributed by atoms with Gasteiger partial charge in [-0.3, -0.25) is 4.68 Å². The first-order valence-electron chi connectivity index (χ1n) is 7.79. The summed E-state index contributed by atoms with van der Waals surface area (Å²) in [6, 6.07) is 11.5. The molecule has 0 spiro atoms. The van der Waals surface area contributed by atoms with Crippen molar-refractivity contribution in [3.8, 4) is 0 Å². The number of benzene rings is 2. The van der Waals surface area contributed by atoms with E-state index in [9.17, 15) is 9.90 Å². The zero-order valence-electron chi connectivity index (χ0n) is 13.6. The number of carbonyl (C=O) groups is 1. The highest BCUT2D eigenvalue weighted by atomic mass is 16.4. The normalized spacial score (nSPS) is 11.1. The topological polar surface area (TPSA) is 55.1 Å². The lowest BCUT2D eigenvalue weighted by molar-refractivity contribution is 0.0697. The number of aromatic nitrogens is 2. The van der Waals surface area contributed by atoms with E-state index < -0.39 is 5.97 Å². The molecular weight excluding hydrogens is 288 g/mol. The molecule has 0 radical (unpaired) electrons. The van der Waals surface area contributed by atoms with Crippen LogP contribution in [0.4, 0.5) is 0 Å². The Morgan fingerprint density at radius 1 is 1.17 bits per heavy atom. The lowest BCUT2D eigenvalue weighted by Crippen LogP contribution is -2.06. The quantitative estimate of drug-likeness (QED) is 0.793. The molecule has 118 valence electrons. The highest BCUT2D eigenvalue weighted by Crippen LogP contribution is 2.23. The zero-order valence-corrected chi connectivity index (χ0v) is 13.6. The summed E-state index contributed by atoms with van der Waals surface area (Å²) in [5, 5.41) is 15.0. The molecule has 0 aliphatic rings. The average molecular weight is 308 g/mol. The van der Waals surface area contributed by atoms with Crippen molar-refractivity contribution in [2.24, 2.45) is 0 Å². The van der Waals surface area contributed by atoms with Gasteiger partial charge >= 0.3 is 5.97 Å². The number of hydrogen-bond acceptors (Lipinski definition) is 2. The molecule has 0 aliphatic heterocycles. The molecule has 2 aromatic carbocycles. The minimum absolute atomic E-state index is 0.294. The van der Waals surface area contributed by atoms with Crippen molar-refractivity contribution in [1.82, 2.24) is 9.78 Å². The van der Waals surface area contributed by atoms with E-state index in [2.05, 4.69) is 39.0 Å². The van der Waals surface area contributed by atoms with Crippen LogP contribution in [0, 0.1) is 13.8 Å². The van der Waals surface area contributed by atoms with Crippen molar-refractivity contribution in [2.75, 3.05) is 0 Å². The van der Waals surface area contributed by atoms with Crippen LogP contribution >= 0.6 is 0 Å². The molecule has 0 saturated carbocycles. The van der Waals surface area contributed by atoms with Crippen molar-refractivity contribution in [3.63, 3.8) is 0 Å². The van der Waals surface area contributed by atoms with Crippen LogP contribution in [-0.2, 0) is 13.0 Å². The SMILES string of the molecule is CCc1nn(Cc2c(C)cccc2C)c2cc(C(=O)O)ccc12. The van der Waals surface area contributed by atoms with Gasteiger partial charge in [0, 0.05) is 5.39 Å². The minimum atomic E-state index is -0.912. The summed E-state index contributed by atoms with van der Waals surface area (Å²) in [6.45, 7) is 6.91. The third kappa shape index (κ3) is 2.72. The summed E-state index contributed by atoms with van der Waals surface area (Å²) >= 11 is 0. The van der Waals surface area contributed by atoms with Gasteiger partial charge in [-0.25, -0.2) is 4.79 Å². The molecule has 4 heteroatoms. The summed E-state index contributed by atoms with van der Waals surface area (Å²) in [7, 11) is 0. The van der Waals surface area contributed by atoms with Gasteiger partial charge < -0.3 is 5.11 Å². The Morgan fingerprint density at radius 2 is 1.87 bits per heavy atom. The third-order valence-electron chi connectivity index (χ3n) is 4.36. The van der Waals surface area contributed by atoms with Crippen LogP contribution in [0.15, 0.2) is 36.4 Å². The Bertz CT molecular complexity index is 874. The highest BCUT2D eigenvalue weighted by molar-refractivity contribution is 5.94. The molecule has 0 fully saturated rings. The Morgan fingerprint density at radius 3 is 2.48 bits per heavy atom. The number of nitrogens with zero attached hydrogens (tertiary/aromatic N) is 2. The van der Waals surface area contributed by atoms with Crippen LogP contribution in [-0.4, -0.2) is 20.9 Å². The van der Waals surface area contributed by atoms with E-state index >= 15 is 0 Å². The second-order valence-electron chi connectivity index (χ2n) is 5.87. The van der Waals surface area contributed by atoms with Gasteiger partial charge in [-0.1, -0.05) is 31.2 Å². The molecule has 1 N–H and O–H groups in total. The van der Waals surface area contributed by atoms with Gasteiger partial charge in [0.25, 0.3) is 0 Å². The molecule has 3 aromatic rings. The first kappa shape index (κ1) is 15.3. The second-order valence-corrected chi connectivity index (χ2v) is 5.87. The zero-order chi connectivity index (χ0) is 16.6. The second kappa shape index (κ2) is 5.88. The molecule has 0 amide bonds. The van der Waals surface area contributed by atoms with Crippen LogP contribution in [0.1, 0.15) is 39.7 Å². The van der Waals surface area contributed by atoms with Crippen LogP contribution < -0.4 is 0 Å². The van der Waals surface area contributed by atoms with Gasteiger partial charge in [0.1, 0.15) is 0 Å². The number of carboxylic acid groups (broad SMARTS) is 1. The predicted octanol–water partition coefficient (Wildman–Crippen LogP) is 3.96. The van der Waals surface area contributed by atoms with Crippen molar-refractivity contribution in [2.45, 2.75) is 33.7 Å². The van der Waals surface area contributed by atoms with E-state index in [0.29, 0.717) is 12.1 Å². The Labute approximate surface area is 135 Å². The van der Waals surface area contributed by atoms with Crippen molar-refractivity contribution in [1.29, 1.82) is 0 Å². The molecule has 1 aromatic heterocycles. The van der Waals surface area contributed by atoms with Crippen LogP contribution in [0.5, 0.6) is 0 Å². The lowest BCUT2D eigenvalue weighted by Gasteiger charge is -2.11. The monoisotopic (exact) mass is 308 g/mol. The number of rotatable bonds is 4. The summed E-state index contributed by atoms with van der Waals surface area (Å²) in [5.41, 5.74) is 5.86. The number of fused-ring (bicyclic) bond motifs is 1. The fourth-order valence-electron chi connectivity index (χ4n) is 3.01. The summed E-state index contributed by atoms with van der Waals surface area (Å²) in [5.74, 6) is -0.912. The Kier molecular flexibility index (Phi) is 3.90. The van der Waals surface area contributed by atoms with E-state index in [0.717, 1.165) is 23.0 Å². The fourth-order valence-corrected chi connectivity index (χ4v) is 3.01. The molecule has 4 nitrogen and oxygen atoms in total. The molecule has 0 atom stereocenters. The molecule has 0 unspecified atom stereocenters. The van der Waals surface area contributed by atoms with E-state index in [4.69, 9.17) is 5.10 Å². The van der Waals surface area contributed by atoms with Crippen LogP contribution in [0.3, 0.4) is 0 Å². The Hall–Kier alpha value is -2.62. The van der Waals surface area contributed by atoms with Gasteiger partial charge in [-0.2, -0.15) is 5.10 Å². The van der Waals surface area contributed by atoms with E-state index in [1.165, 1.54) is 16.7 Å². The van der Waals surface area contributed by atoms with Crippen LogP contribution in [0.25, 0.3) is 10.9 Å². The number of aromatic carboxylic acids is 1. The molecule has 0 bridgehead atoms. The first-order chi connectivity index (χ1) is 11.0. The van der Waals surface area contributed by atoms with E-state index in [1.807, 2.05) is 10.7 Å². The van der Waals surface area contributed by atoms with E-state index in [1.54, 1.807) is 12.1 Å². The standard InChI is InChI=1S/C19H20N2O2/c1-4-17-15-9-8-14(19(22)23)10-18(15)21(20-17)11-16-12(2)6-5-7-13(16)3/h5-10H,4,11H2,1-3H3,(H,22,23). The van der Waals surface area contributed by atoms with Gasteiger partial charge in [0.05, 0.1) is 23.3 Å². The highest BCUT2D eigenvalue weighted by Gasteiger charge is 2.14. The van der Waals surface area contributed by atoms with E-state index in [-0.39, 0.29) is 0 Å². The first-order valence-corrected chi connectivity index (χ1v) is 7.79. The maximum Gasteiger partial charge on any atom is 0.335 e. The molecular formula is C19H20N2O2. The molecule has 3 rings (SSSR count). The lowest BCUT2D eigenvalue weighted by atomic mass is 10.0. The van der Waals surface area contributed by atoms with Crippen LogP contribution in [0.2, 0.25) is 0 Å².